The number of thiol groups is 3. The molecule has 0 aliphatic heterocycles. The molecule has 0 amide bonds. The average Bonchev–Trinajstić information content (AvgIpc) is 2.38. The summed E-state index contributed by atoms with van der Waals surface area (Å²) in [6, 6.07) is 0. The first kappa shape index (κ1) is 21.0. The third kappa shape index (κ3) is 6.38. The van der Waals surface area contributed by atoms with E-state index in [4.69, 9.17) is 36.7 Å². The predicted molar refractivity (Wildman–Crippen MR) is 110 cm³/mol. The van der Waals surface area contributed by atoms with Crippen LogP contribution in [0, 0.1) is 0 Å². The molecular weight excluding hydrogens is 319 g/mol. The fourth-order valence-corrected chi connectivity index (χ4v) is 9.53. The quantitative estimate of drug-likeness (QED) is 0.183. The fourth-order valence-electron chi connectivity index (χ4n) is 2.70. The third-order valence-corrected chi connectivity index (χ3v) is 13.7. The Morgan fingerprint density at radius 1 is 0.850 bits per heavy atom. The molecule has 0 saturated heterocycles. The maximum absolute atomic E-state index is 5.11. The van der Waals surface area contributed by atoms with Gasteiger partial charge >= 0.3 is 143 Å². The molecule has 0 rings (SSSR count). The molecule has 0 nitrogen and oxygen atoms in total. The normalized spacial score (nSPS) is 16.9. The van der Waals surface area contributed by atoms with Crippen molar-refractivity contribution in [2.45, 2.75) is 76.5 Å². The molecule has 0 aromatic rings. The zero-order valence-corrected chi connectivity index (χ0v) is 16.7. The van der Waals surface area contributed by atoms with Crippen LogP contribution in [0.15, 0.2) is 25.3 Å². The van der Waals surface area contributed by atoms with E-state index < -0.39 is 4.21 Å². The van der Waals surface area contributed by atoms with Crippen LogP contribution in [0.5, 0.6) is 0 Å². The van der Waals surface area contributed by atoms with Crippen molar-refractivity contribution in [2.24, 2.45) is 0 Å². The summed E-state index contributed by atoms with van der Waals surface area (Å²) in [7, 11) is 0. The molecule has 0 N–H and O–H groups in total. The Morgan fingerprint density at radius 2 is 1.20 bits per heavy atom. The van der Waals surface area contributed by atoms with Crippen LogP contribution in [0.25, 0.3) is 0 Å². The molecule has 4 heteroatoms. The van der Waals surface area contributed by atoms with Gasteiger partial charge in [0.25, 0.3) is 0 Å². The van der Waals surface area contributed by atoms with Crippen molar-refractivity contribution < 1.29 is 0 Å². The van der Waals surface area contributed by atoms with E-state index >= 15 is 0 Å². The van der Waals surface area contributed by atoms with Gasteiger partial charge < -0.3 is 0 Å². The molecule has 0 saturated carbocycles. The maximum atomic E-state index is 5.11. The Hall–Kier alpha value is 0.960. The van der Waals surface area contributed by atoms with Crippen molar-refractivity contribution in [3.63, 3.8) is 0 Å². The molecule has 20 heavy (non-hydrogen) atoms. The van der Waals surface area contributed by atoms with Gasteiger partial charge in [0.1, 0.15) is 0 Å². The number of hydrogen-bond acceptors (Lipinski definition) is 3. The SMILES string of the molecule is C=CCC(CCCC)P(S)(S)(S)C(CC=C)CCCC. The zero-order valence-electron chi connectivity index (χ0n) is 13.2. The summed E-state index contributed by atoms with van der Waals surface area (Å²) in [6.45, 7) is 12.3. The molecule has 0 aliphatic carbocycles. The Morgan fingerprint density at radius 3 is 1.45 bits per heavy atom. The number of rotatable bonds is 12. The second-order valence-corrected chi connectivity index (χ2v) is 20.0. The van der Waals surface area contributed by atoms with Gasteiger partial charge in [-0.1, -0.05) is 0 Å². The molecule has 0 spiro atoms. The average molecular weight is 353 g/mol. The Kier molecular flexibility index (Phi) is 10.3. The summed E-state index contributed by atoms with van der Waals surface area (Å²) in [5.74, 6) is 0. The van der Waals surface area contributed by atoms with Gasteiger partial charge in [-0.3, -0.25) is 0 Å². The summed E-state index contributed by atoms with van der Waals surface area (Å²) in [5.41, 5.74) is 0.880. The summed E-state index contributed by atoms with van der Waals surface area (Å²) >= 11 is 15.3. The van der Waals surface area contributed by atoms with E-state index in [2.05, 4.69) is 27.0 Å². The van der Waals surface area contributed by atoms with E-state index in [9.17, 15) is 0 Å². The van der Waals surface area contributed by atoms with Crippen molar-refractivity contribution in [3.8, 4) is 0 Å². The van der Waals surface area contributed by atoms with Crippen LogP contribution in [0.3, 0.4) is 0 Å². The monoisotopic (exact) mass is 352 g/mol. The molecule has 0 aromatic carbocycles. The zero-order chi connectivity index (χ0) is 15.7. The Balaban J connectivity index is 5.23. The van der Waals surface area contributed by atoms with Gasteiger partial charge in [-0.15, -0.1) is 0 Å². The number of unbranched alkanes of at least 4 members (excludes halogenated alkanes) is 2. The predicted octanol–water partition coefficient (Wildman–Crippen LogP) is 7.34. The van der Waals surface area contributed by atoms with Gasteiger partial charge in [0, 0.05) is 0 Å². The minimum absolute atomic E-state index is 0.440. The summed E-state index contributed by atoms with van der Waals surface area (Å²) in [6.07, 6.45) is 13.1. The molecule has 0 heterocycles. The summed E-state index contributed by atoms with van der Waals surface area (Å²) in [5, 5.41) is 0. The first-order chi connectivity index (χ1) is 9.32. The fraction of sp³-hybridized carbons (Fsp3) is 0.750. The van der Waals surface area contributed by atoms with Crippen molar-refractivity contribution >= 4 is 41.0 Å². The molecule has 2 unspecified atom stereocenters. The van der Waals surface area contributed by atoms with E-state index in [1.54, 1.807) is 0 Å². The number of allylic oxidation sites excluding steroid dienone is 2. The number of hydrogen-bond donors (Lipinski definition) is 3. The molecule has 0 aromatic heterocycles. The second kappa shape index (κ2) is 9.87. The van der Waals surface area contributed by atoms with Crippen LogP contribution in [-0.4, -0.2) is 11.3 Å². The van der Waals surface area contributed by atoms with Crippen molar-refractivity contribution in [1.82, 2.24) is 0 Å². The first-order valence-electron chi connectivity index (χ1n) is 7.80. The van der Waals surface area contributed by atoms with Gasteiger partial charge in [0.15, 0.2) is 0 Å². The Labute approximate surface area is 142 Å². The van der Waals surface area contributed by atoms with Crippen LogP contribution in [0.2, 0.25) is 0 Å². The first-order valence-corrected chi connectivity index (χ1v) is 13.6. The van der Waals surface area contributed by atoms with Crippen LogP contribution in [0.1, 0.15) is 65.2 Å². The molecule has 120 valence electrons. The van der Waals surface area contributed by atoms with Crippen LogP contribution >= 0.6 is 41.0 Å². The van der Waals surface area contributed by atoms with Gasteiger partial charge in [-0.2, -0.15) is 0 Å². The van der Waals surface area contributed by atoms with Crippen molar-refractivity contribution in [3.05, 3.63) is 25.3 Å². The molecule has 0 bridgehead atoms. The van der Waals surface area contributed by atoms with Crippen molar-refractivity contribution in [1.29, 1.82) is 0 Å². The van der Waals surface area contributed by atoms with E-state index in [1.165, 1.54) is 25.7 Å². The van der Waals surface area contributed by atoms with E-state index in [0.717, 1.165) is 25.7 Å². The topological polar surface area (TPSA) is 0 Å². The molecule has 2 atom stereocenters. The van der Waals surface area contributed by atoms with Crippen LogP contribution < -0.4 is 0 Å². The van der Waals surface area contributed by atoms with E-state index in [1.807, 2.05) is 12.2 Å². The molecule has 0 radical (unpaired) electrons. The summed E-state index contributed by atoms with van der Waals surface area (Å²) in [4.78, 5) is 0. The third-order valence-electron chi connectivity index (χ3n) is 4.06. The van der Waals surface area contributed by atoms with Crippen molar-refractivity contribution in [2.75, 3.05) is 0 Å². The van der Waals surface area contributed by atoms with Gasteiger partial charge in [0.05, 0.1) is 0 Å². The van der Waals surface area contributed by atoms with Crippen LogP contribution in [-0.2, 0) is 0 Å². The van der Waals surface area contributed by atoms with E-state index in [-0.39, 0.29) is 0 Å². The summed E-state index contributed by atoms with van der Waals surface area (Å²) < 4.78 is -2.62. The molecule has 0 fully saturated rings. The van der Waals surface area contributed by atoms with Gasteiger partial charge in [-0.25, -0.2) is 0 Å². The minimum atomic E-state index is -2.62. The molecule has 0 aliphatic rings. The van der Waals surface area contributed by atoms with Crippen LogP contribution in [0.4, 0.5) is 0 Å². The molecular formula is C16H33PS3. The second-order valence-electron chi connectivity index (χ2n) is 5.75. The van der Waals surface area contributed by atoms with Gasteiger partial charge in [-0.05, 0) is 0 Å². The Bertz CT molecular complexity index is 268. The van der Waals surface area contributed by atoms with E-state index in [0.29, 0.717) is 11.3 Å². The van der Waals surface area contributed by atoms with Gasteiger partial charge in [0.2, 0.25) is 0 Å². The standard InChI is InChI=1S/C16H33PS3/c1-5-9-13-15(11-7-3)17(18,19,20)16(12-8-4)14-10-6-2/h7-8,15-16,18-20H,3-6,9-14H2,1-2H3.